The quantitative estimate of drug-likeness (QED) is 0.782. The van der Waals surface area contributed by atoms with E-state index in [1.165, 1.54) is 6.42 Å². The normalized spacial score (nSPS) is 24.7. The SMILES string of the molecule is CCC(C)N(C)CCNC(=O)C1CC(C)CCN1.Cl. The standard InChI is InChI=1S/C14H29N3O.ClH/c1-5-12(3)17(4)9-8-16-14(18)13-10-11(2)6-7-15-13;/h11-13,15H,5-10H2,1-4H3,(H,16,18);1H. The summed E-state index contributed by atoms with van der Waals surface area (Å²) in [5.74, 6) is 0.823. The topological polar surface area (TPSA) is 44.4 Å². The van der Waals surface area contributed by atoms with Gasteiger partial charge in [0.1, 0.15) is 0 Å². The predicted octanol–water partition coefficient (Wildman–Crippen LogP) is 1.64. The second kappa shape index (κ2) is 9.56. The maximum absolute atomic E-state index is 12.0. The van der Waals surface area contributed by atoms with Gasteiger partial charge in [0.2, 0.25) is 5.91 Å². The second-order valence-electron chi connectivity index (χ2n) is 5.67. The first-order valence-electron chi connectivity index (χ1n) is 7.26. The van der Waals surface area contributed by atoms with Gasteiger partial charge >= 0.3 is 0 Å². The number of nitrogens with one attached hydrogen (secondary N) is 2. The fourth-order valence-corrected chi connectivity index (χ4v) is 2.32. The van der Waals surface area contributed by atoms with E-state index in [1.807, 2.05) is 0 Å². The van der Waals surface area contributed by atoms with E-state index in [0.717, 1.165) is 32.5 Å². The molecule has 19 heavy (non-hydrogen) atoms. The van der Waals surface area contributed by atoms with Crippen molar-refractivity contribution in [3.63, 3.8) is 0 Å². The highest BCUT2D eigenvalue weighted by atomic mass is 35.5. The second-order valence-corrected chi connectivity index (χ2v) is 5.67. The molecule has 1 amide bonds. The number of rotatable bonds is 6. The summed E-state index contributed by atoms with van der Waals surface area (Å²) in [6.07, 6.45) is 3.29. The summed E-state index contributed by atoms with van der Waals surface area (Å²) in [5.41, 5.74) is 0. The van der Waals surface area contributed by atoms with Gasteiger partial charge in [-0.2, -0.15) is 0 Å². The summed E-state index contributed by atoms with van der Waals surface area (Å²) in [6.45, 7) is 9.25. The first-order chi connectivity index (χ1) is 8.54. The van der Waals surface area contributed by atoms with E-state index < -0.39 is 0 Å². The summed E-state index contributed by atoms with van der Waals surface area (Å²) in [4.78, 5) is 14.3. The summed E-state index contributed by atoms with van der Waals surface area (Å²) in [7, 11) is 2.11. The molecule has 1 aliphatic heterocycles. The molecule has 2 N–H and O–H groups in total. The zero-order valence-corrected chi connectivity index (χ0v) is 13.6. The molecule has 5 heteroatoms. The van der Waals surface area contributed by atoms with Gasteiger partial charge in [-0.25, -0.2) is 0 Å². The van der Waals surface area contributed by atoms with E-state index in [0.29, 0.717) is 12.0 Å². The van der Waals surface area contributed by atoms with Crippen LogP contribution >= 0.6 is 12.4 Å². The van der Waals surface area contributed by atoms with Crippen LogP contribution < -0.4 is 10.6 Å². The minimum Gasteiger partial charge on any atom is -0.353 e. The van der Waals surface area contributed by atoms with Crippen LogP contribution in [0.1, 0.15) is 40.0 Å². The fourth-order valence-electron chi connectivity index (χ4n) is 2.32. The van der Waals surface area contributed by atoms with Crippen molar-refractivity contribution in [1.82, 2.24) is 15.5 Å². The van der Waals surface area contributed by atoms with Crippen molar-refractivity contribution in [2.75, 3.05) is 26.7 Å². The van der Waals surface area contributed by atoms with Crippen LogP contribution in [0.15, 0.2) is 0 Å². The molecule has 0 aromatic heterocycles. The van der Waals surface area contributed by atoms with Crippen LogP contribution in [0.4, 0.5) is 0 Å². The largest absolute Gasteiger partial charge is 0.353 e. The van der Waals surface area contributed by atoms with Crippen LogP contribution in [-0.2, 0) is 4.79 Å². The molecule has 3 atom stereocenters. The lowest BCUT2D eigenvalue weighted by Gasteiger charge is -2.28. The Kier molecular flexibility index (Phi) is 9.40. The number of likely N-dealkylation sites (N-methyl/N-ethyl adjacent to an activating group) is 1. The Balaban J connectivity index is 0.00000324. The highest BCUT2D eigenvalue weighted by molar-refractivity contribution is 5.85. The van der Waals surface area contributed by atoms with Crippen LogP contribution in [0.2, 0.25) is 0 Å². The molecule has 1 fully saturated rings. The molecule has 0 bridgehead atoms. The van der Waals surface area contributed by atoms with Crippen LogP contribution in [0.5, 0.6) is 0 Å². The van der Waals surface area contributed by atoms with Crippen molar-refractivity contribution >= 4 is 18.3 Å². The van der Waals surface area contributed by atoms with E-state index in [4.69, 9.17) is 0 Å². The molecule has 0 aromatic rings. The van der Waals surface area contributed by atoms with E-state index in [-0.39, 0.29) is 24.4 Å². The zero-order valence-electron chi connectivity index (χ0n) is 12.7. The van der Waals surface area contributed by atoms with Gasteiger partial charge in [-0.1, -0.05) is 13.8 Å². The molecule has 1 heterocycles. The molecule has 1 aliphatic rings. The minimum absolute atomic E-state index is 0. The Bertz CT molecular complexity index is 263. The van der Waals surface area contributed by atoms with E-state index in [9.17, 15) is 4.79 Å². The Hall–Kier alpha value is -0.320. The Labute approximate surface area is 124 Å². The highest BCUT2D eigenvalue weighted by Gasteiger charge is 2.24. The summed E-state index contributed by atoms with van der Waals surface area (Å²) >= 11 is 0. The number of piperidine rings is 1. The molecule has 4 nitrogen and oxygen atoms in total. The molecule has 0 aliphatic carbocycles. The average molecular weight is 292 g/mol. The van der Waals surface area contributed by atoms with Gasteiger partial charge in [-0.05, 0) is 45.7 Å². The van der Waals surface area contributed by atoms with Gasteiger partial charge in [-0.15, -0.1) is 12.4 Å². The first-order valence-corrected chi connectivity index (χ1v) is 7.26. The molecule has 114 valence electrons. The maximum Gasteiger partial charge on any atom is 0.237 e. The lowest BCUT2D eigenvalue weighted by atomic mass is 9.94. The summed E-state index contributed by atoms with van der Waals surface area (Å²) in [5, 5.41) is 6.34. The smallest absolute Gasteiger partial charge is 0.237 e. The van der Waals surface area contributed by atoms with Crippen molar-refractivity contribution < 1.29 is 4.79 Å². The summed E-state index contributed by atoms with van der Waals surface area (Å²) in [6, 6.07) is 0.595. The Morgan fingerprint density at radius 3 is 2.79 bits per heavy atom. The van der Waals surface area contributed by atoms with Gasteiger partial charge in [0.15, 0.2) is 0 Å². The summed E-state index contributed by atoms with van der Waals surface area (Å²) < 4.78 is 0. The molecule has 0 radical (unpaired) electrons. The third-order valence-corrected chi connectivity index (χ3v) is 4.09. The number of halogens is 1. The van der Waals surface area contributed by atoms with Gasteiger partial charge in [0.05, 0.1) is 6.04 Å². The van der Waals surface area contributed by atoms with Crippen LogP contribution in [0.25, 0.3) is 0 Å². The van der Waals surface area contributed by atoms with E-state index in [1.54, 1.807) is 0 Å². The molecule has 0 spiro atoms. The molecule has 0 aromatic carbocycles. The third kappa shape index (κ3) is 6.59. The number of hydrogen-bond acceptors (Lipinski definition) is 3. The molecular formula is C14H30ClN3O. The van der Waals surface area contributed by atoms with Crippen LogP contribution in [-0.4, -0.2) is 49.6 Å². The monoisotopic (exact) mass is 291 g/mol. The van der Waals surface area contributed by atoms with E-state index in [2.05, 4.69) is 43.4 Å². The maximum atomic E-state index is 12.0. The van der Waals surface area contributed by atoms with Gasteiger partial charge < -0.3 is 15.5 Å². The zero-order chi connectivity index (χ0) is 13.5. The molecule has 0 saturated carbocycles. The predicted molar refractivity (Wildman–Crippen MR) is 82.8 cm³/mol. The van der Waals surface area contributed by atoms with Gasteiger partial charge in [0, 0.05) is 19.1 Å². The van der Waals surface area contributed by atoms with Crippen LogP contribution in [0, 0.1) is 5.92 Å². The van der Waals surface area contributed by atoms with Crippen molar-refractivity contribution in [2.45, 2.75) is 52.1 Å². The van der Waals surface area contributed by atoms with Crippen molar-refractivity contribution in [3.05, 3.63) is 0 Å². The molecular weight excluding hydrogens is 262 g/mol. The number of hydrogen-bond donors (Lipinski definition) is 2. The minimum atomic E-state index is 0. The molecule has 1 rings (SSSR count). The molecule has 1 saturated heterocycles. The van der Waals surface area contributed by atoms with Crippen LogP contribution in [0.3, 0.4) is 0 Å². The van der Waals surface area contributed by atoms with Crippen molar-refractivity contribution in [2.24, 2.45) is 5.92 Å². The number of amides is 1. The van der Waals surface area contributed by atoms with E-state index >= 15 is 0 Å². The Morgan fingerprint density at radius 2 is 2.21 bits per heavy atom. The Morgan fingerprint density at radius 1 is 1.53 bits per heavy atom. The van der Waals surface area contributed by atoms with Gasteiger partial charge in [-0.3, -0.25) is 4.79 Å². The third-order valence-electron chi connectivity index (χ3n) is 4.09. The lowest BCUT2D eigenvalue weighted by Crippen LogP contribution is -2.49. The highest BCUT2D eigenvalue weighted by Crippen LogP contribution is 2.14. The van der Waals surface area contributed by atoms with Gasteiger partial charge in [0.25, 0.3) is 0 Å². The fraction of sp³-hybridized carbons (Fsp3) is 0.929. The van der Waals surface area contributed by atoms with Crippen molar-refractivity contribution in [1.29, 1.82) is 0 Å². The van der Waals surface area contributed by atoms with Crippen molar-refractivity contribution in [3.8, 4) is 0 Å². The lowest BCUT2D eigenvalue weighted by molar-refractivity contribution is -0.124. The molecule has 3 unspecified atom stereocenters. The number of carbonyl (C=O) groups excluding carboxylic acids is 1. The first kappa shape index (κ1) is 18.7. The average Bonchev–Trinajstić information content (AvgIpc) is 2.37. The number of nitrogens with zero attached hydrogens (tertiary/aromatic N) is 1. The number of carbonyl (C=O) groups is 1.